The minimum atomic E-state index is -3.34. The third kappa shape index (κ3) is 5.12. The molecule has 1 fully saturated rings. The van der Waals surface area contributed by atoms with Crippen LogP contribution in [0.4, 0.5) is 5.69 Å². The van der Waals surface area contributed by atoms with Crippen LogP contribution in [0, 0.1) is 5.92 Å². The van der Waals surface area contributed by atoms with Crippen molar-refractivity contribution in [2.75, 3.05) is 23.7 Å². The number of hydrogen-bond donors (Lipinski definition) is 0. The predicted molar refractivity (Wildman–Crippen MR) is 119 cm³/mol. The highest BCUT2D eigenvalue weighted by Crippen LogP contribution is 2.28. The lowest BCUT2D eigenvalue weighted by Gasteiger charge is -2.33. The summed E-state index contributed by atoms with van der Waals surface area (Å²) >= 11 is 5.88. The average molecular weight is 443 g/mol. The summed E-state index contributed by atoms with van der Waals surface area (Å²) in [6.07, 6.45) is 5.32. The van der Waals surface area contributed by atoms with Gasteiger partial charge in [-0.15, -0.1) is 0 Å². The number of rotatable bonds is 6. The maximum Gasteiger partial charge on any atom is 0.178 e. The van der Waals surface area contributed by atoms with Gasteiger partial charge in [0, 0.05) is 24.3 Å². The Kier molecular flexibility index (Phi) is 6.25. The van der Waals surface area contributed by atoms with Crippen molar-refractivity contribution in [3.8, 4) is 11.5 Å². The quantitative estimate of drug-likeness (QED) is 0.524. The number of sulfone groups is 1. The summed E-state index contributed by atoms with van der Waals surface area (Å²) in [5.41, 5.74) is 1.09. The Balaban J connectivity index is 1.35. The molecule has 0 bridgehead atoms. The number of benzene rings is 2. The molecule has 7 heteroatoms. The van der Waals surface area contributed by atoms with E-state index in [-0.39, 0.29) is 11.7 Å². The standard InChI is InChI=1S/C23H23ClN2O3S/c24-19-3-5-21(6-4-19)29-22-7-9-23(10-8-22)30(27,28)17-18-11-14-26(15-12-18)20-2-1-13-25-16-20/h1-10,13,16,18H,11-12,14-15,17H2. The van der Waals surface area contributed by atoms with E-state index in [2.05, 4.69) is 9.88 Å². The summed E-state index contributed by atoms with van der Waals surface area (Å²) in [7, 11) is -3.34. The van der Waals surface area contributed by atoms with Gasteiger partial charge in [-0.05, 0) is 79.4 Å². The van der Waals surface area contributed by atoms with Crippen LogP contribution in [0.25, 0.3) is 0 Å². The summed E-state index contributed by atoms with van der Waals surface area (Å²) in [5.74, 6) is 1.56. The fourth-order valence-corrected chi connectivity index (χ4v) is 5.48. The van der Waals surface area contributed by atoms with E-state index in [1.54, 1.807) is 54.7 Å². The SMILES string of the molecule is O=S(=O)(CC1CCN(c2cccnc2)CC1)c1ccc(Oc2ccc(Cl)cc2)cc1. The molecule has 0 aliphatic carbocycles. The van der Waals surface area contributed by atoms with Crippen molar-refractivity contribution in [3.63, 3.8) is 0 Å². The molecular weight excluding hydrogens is 420 g/mol. The van der Waals surface area contributed by atoms with Crippen molar-refractivity contribution in [1.82, 2.24) is 4.98 Å². The third-order valence-corrected chi connectivity index (χ3v) is 7.47. The minimum Gasteiger partial charge on any atom is -0.457 e. The van der Waals surface area contributed by atoms with Crippen molar-refractivity contribution < 1.29 is 13.2 Å². The van der Waals surface area contributed by atoms with Crippen molar-refractivity contribution >= 4 is 27.1 Å². The molecule has 0 radical (unpaired) electrons. The number of piperidine rings is 1. The van der Waals surface area contributed by atoms with Crippen molar-refractivity contribution in [1.29, 1.82) is 0 Å². The molecule has 1 aliphatic rings. The van der Waals surface area contributed by atoms with Gasteiger partial charge in [0.1, 0.15) is 11.5 Å². The van der Waals surface area contributed by atoms with Crippen molar-refractivity contribution in [2.45, 2.75) is 17.7 Å². The zero-order valence-electron chi connectivity index (χ0n) is 16.4. The summed E-state index contributed by atoms with van der Waals surface area (Å²) in [6, 6.07) is 17.6. The van der Waals surface area contributed by atoms with E-state index in [1.165, 1.54) is 0 Å². The first-order valence-electron chi connectivity index (χ1n) is 9.91. The first kappa shape index (κ1) is 20.7. The normalized spacial score (nSPS) is 15.2. The van der Waals surface area contributed by atoms with E-state index in [0.29, 0.717) is 21.4 Å². The monoisotopic (exact) mass is 442 g/mol. The molecule has 0 N–H and O–H groups in total. The zero-order valence-corrected chi connectivity index (χ0v) is 18.0. The van der Waals surface area contributed by atoms with Gasteiger partial charge in [0.15, 0.2) is 9.84 Å². The van der Waals surface area contributed by atoms with Crippen LogP contribution in [0.5, 0.6) is 11.5 Å². The number of hydrogen-bond acceptors (Lipinski definition) is 5. The maximum atomic E-state index is 12.9. The number of anilines is 1. The lowest BCUT2D eigenvalue weighted by Crippen LogP contribution is -2.36. The Labute approximate surface area is 182 Å². The van der Waals surface area contributed by atoms with E-state index in [4.69, 9.17) is 16.3 Å². The topological polar surface area (TPSA) is 59.5 Å². The number of aromatic nitrogens is 1. The molecule has 0 saturated carbocycles. The second kappa shape index (κ2) is 9.06. The lowest BCUT2D eigenvalue weighted by atomic mass is 9.99. The highest BCUT2D eigenvalue weighted by Gasteiger charge is 2.26. The van der Waals surface area contributed by atoms with Gasteiger partial charge >= 0.3 is 0 Å². The van der Waals surface area contributed by atoms with Crippen LogP contribution < -0.4 is 9.64 Å². The van der Waals surface area contributed by atoms with Gasteiger partial charge in [-0.3, -0.25) is 4.98 Å². The Morgan fingerprint density at radius 3 is 2.20 bits per heavy atom. The van der Waals surface area contributed by atoms with Crippen LogP contribution in [-0.4, -0.2) is 32.2 Å². The number of pyridine rings is 1. The summed E-state index contributed by atoms with van der Waals surface area (Å²) in [6.45, 7) is 1.69. The van der Waals surface area contributed by atoms with Crippen LogP contribution in [0.3, 0.4) is 0 Å². The molecule has 4 rings (SSSR count). The molecule has 0 spiro atoms. The van der Waals surface area contributed by atoms with Gasteiger partial charge in [0.2, 0.25) is 0 Å². The van der Waals surface area contributed by atoms with Gasteiger partial charge in [-0.2, -0.15) is 0 Å². The van der Waals surface area contributed by atoms with Gasteiger partial charge in [-0.1, -0.05) is 11.6 Å². The molecule has 2 aromatic carbocycles. The highest BCUT2D eigenvalue weighted by molar-refractivity contribution is 7.91. The minimum absolute atomic E-state index is 0.160. The molecule has 1 aromatic heterocycles. The van der Waals surface area contributed by atoms with Gasteiger partial charge in [-0.25, -0.2) is 8.42 Å². The first-order chi connectivity index (χ1) is 14.5. The van der Waals surface area contributed by atoms with Gasteiger partial charge in [0.05, 0.1) is 22.5 Å². The van der Waals surface area contributed by atoms with E-state index in [9.17, 15) is 8.42 Å². The molecule has 1 saturated heterocycles. The molecule has 1 aliphatic heterocycles. The first-order valence-corrected chi connectivity index (χ1v) is 11.9. The average Bonchev–Trinajstić information content (AvgIpc) is 2.77. The molecule has 0 amide bonds. The predicted octanol–water partition coefficient (Wildman–Crippen LogP) is 5.22. The second-order valence-electron chi connectivity index (χ2n) is 7.45. The van der Waals surface area contributed by atoms with Crippen LogP contribution in [0.1, 0.15) is 12.8 Å². The number of nitrogens with zero attached hydrogens (tertiary/aromatic N) is 2. The largest absolute Gasteiger partial charge is 0.457 e. The Hall–Kier alpha value is -2.57. The third-order valence-electron chi connectivity index (χ3n) is 5.31. The molecule has 5 nitrogen and oxygen atoms in total. The van der Waals surface area contributed by atoms with E-state index >= 15 is 0 Å². The Morgan fingerprint density at radius 1 is 0.967 bits per heavy atom. The lowest BCUT2D eigenvalue weighted by molar-refractivity contribution is 0.435. The van der Waals surface area contributed by atoms with Crippen LogP contribution >= 0.6 is 11.6 Å². The summed E-state index contributed by atoms with van der Waals surface area (Å²) in [4.78, 5) is 6.76. The molecule has 0 unspecified atom stereocenters. The Morgan fingerprint density at radius 2 is 1.60 bits per heavy atom. The second-order valence-corrected chi connectivity index (χ2v) is 9.92. The van der Waals surface area contributed by atoms with Crippen LogP contribution in [-0.2, 0) is 9.84 Å². The summed E-state index contributed by atoms with van der Waals surface area (Å²) in [5, 5.41) is 0.634. The highest BCUT2D eigenvalue weighted by atomic mass is 35.5. The van der Waals surface area contributed by atoms with E-state index in [0.717, 1.165) is 31.6 Å². The summed E-state index contributed by atoms with van der Waals surface area (Å²) < 4.78 is 31.5. The molecule has 156 valence electrons. The van der Waals surface area contributed by atoms with Crippen LogP contribution in [0.15, 0.2) is 78.0 Å². The zero-order chi connectivity index (χ0) is 21.0. The maximum absolute atomic E-state index is 12.9. The number of halogens is 1. The van der Waals surface area contributed by atoms with Gasteiger partial charge in [0.25, 0.3) is 0 Å². The number of ether oxygens (including phenoxy) is 1. The molecule has 3 aromatic rings. The molecule has 30 heavy (non-hydrogen) atoms. The van der Waals surface area contributed by atoms with Crippen LogP contribution in [0.2, 0.25) is 5.02 Å². The fraction of sp³-hybridized carbons (Fsp3) is 0.261. The molecule has 2 heterocycles. The smallest absolute Gasteiger partial charge is 0.178 e. The molecular formula is C23H23ClN2O3S. The molecule has 0 atom stereocenters. The van der Waals surface area contributed by atoms with Crippen molar-refractivity contribution in [3.05, 3.63) is 78.1 Å². The van der Waals surface area contributed by atoms with E-state index in [1.807, 2.05) is 18.3 Å². The van der Waals surface area contributed by atoms with Gasteiger partial charge < -0.3 is 9.64 Å². The fourth-order valence-electron chi connectivity index (χ4n) is 3.66. The Bertz CT molecular complexity index is 1060. The van der Waals surface area contributed by atoms with Crippen molar-refractivity contribution in [2.24, 2.45) is 5.92 Å². The van der Waals surface area contributed by atoms with E-state index < -0.39 is 9.84 Å².